The second-order valence-corrected chi connectivity index (χ2v) is 8.73. The first-order chi connectivity index (χ1) is 15.0. The zero-order chi connectivity index (χ0) is 22.1. The molecule has 0 spiro atoms. The summed E-state index contributed by atoms with van der Waals surface area (Å²) in [6.45, 7) is 3.70. The van der Waals surface area contributed by atoms with Crippen LogP contribution in [0.5, 0.6) is 0 Å². The lowest BCUT2D eigenvalue weighted by Gasteiger charge is -2.43. The number of nitrogens with zero attached hydrogens (tertiary/aromatic N) is 1. The van der Waals surface area contributed by atoms with E-state index in [1.807, 2.05) is 30.3 Å². The van der Waals surface area contributed by atoms with Gasteiger partial charge in [0.25, 0.3) is 0 Å². The summed E-state index contributed by atoms with van der Waals surface area (Å²) in [5.74, 6) is 0.0249. The first-order valence-corrected chi connectivity index (χ1v) is 11.5. The van der Waals surface area contributed by atoms with Crippen LogP contribution in [0.4, 0.5) is 0 Å². The van der Waals surface area contributed by atoms with E-state index in [2.05, 4.69) is 36.5 Å². The number of unbranched alkanes of at least 4 members (excludes halogenated alkanes) is 1. The number of β-amino-alcohol motifs (C(OH)–C–C–N with tert-alkyl or cyclic N) is 1. The minimum absolute atomic E-state index is 0.0249. The van der Waals surface area contributed by atoms with Gasteiger partial charge >= 0.3 is 0 Å². The normalized spacial score (nSPS) is 21.3. The van der Waals surface area contributed by atoms with Gasteiger partial charge in [0.1, 0.15) is 5.60 Å². The first kappa shape index (κ1) is 23.5. The van der Waals surface area contributed by atoms with Crippen LogP contribution in [0.3, 0.4) is 0 Å². The number of carbonyl (C=O) groups is 1. The molecule has 5 nitrogen and oxygen atoms in total. The summed E-state index contributed by atoms with van der Waals surface area (Å²) in [5.41, 5.74) is 2.29. The third-order valence-electron chi connectivity index (χ3n) is 6.18. The molecule has 2 atom stereocenters. The Balaban J connectivity index is 1.48. The second-order valence-electron chi connectivity index (χ2n) is 8.73. The van der Waals surface area contributed by atoms with Crippen LogP contribution < -0.4 is 5.32 Å². The van der Waals surface area contributed by atoms with Gasteiger partial charge in [-0.25, -0.2) is 0 Å². The van der Waals surface area contributed by atoms with Crippen LogP contribution >= 0.6 is 0 Å². The summed E-state index contributed by atoms with van der Waals surface area (Å²) in [5, 5.41) is 24.8. The largest absolute Gasteiger partial charge is 0.390 e. The van der Waals surface area contributed by atoms with Gasteiger partial charge in [-0.05, 0) is 42.4 Å². The SMILES string of the molecule is CCCCc1ccc(CNC[C@]2(O)CN(C(=O)CCc3ccccc3)CC[C@H]2O)cc1. The van der Waals surface area contributed by atoms with Gasteiger partial charge in [0, 0.05) is 26.1 Å². The Morgan fingerprint density at radius 1 is 1.06 bits per heavy atom. The summed E-state index contributed by atoms with van der Waals surface area (Å²) in [6.07, 6.45) is 4.14. The van der Waals surface area contributed by atoms with E-state index >= 15 is 0 Å². The van der Waals surface area contributed by atoms with Gasteiger partial charge in [0.15, 0.2) is 0 Å². The van der Waals surface area contributed by atoms with Crippen molar-refractivity contribution in [2.75, 3.05) is 19.6 Å². The van der Waals surface area contributed by atoms with Crippen molar-refractivity contribution in [3.8, 4) is 0 Å². The molecule has 5 heteroatoms. The zero-order valence-electron chi connectivity index (χ0n) is 18.6. The standard InChI is InChI=1S/C26H36N2O3/c1-2-3-7-22-10-12-23(13-11-22)18-27-19-26(31)20-28(17-16-24(26)29)25(30)15-14-21-8-5-4-6-9-21/h4-6,8-13,24,27,29,31H,2-3,7,14-20H2,1H3/t24-,26+/m1/s1. The maximum absolute atomic E-state index is 12.7. The molecule has 1 heterocycles. The predicted octanol–water partition coefficient (Wildman–Crippen LogP) is 3.08. The molecule has 0 aliphatic carbocycles. The van der Waals surface area contributed by atoms with E-state index in [-0.39, 0.29) is 19.0 Å². The Morgan fingerprint density at radius 2 is 1.74 bits per heavy atom. The van der Waals surface area contributed by atoms with E-state index in [1.54, 1.807) is 4.90 Å². The monoisotopic (exact) mass is 424 g/mol. The van der Waals surface area contributed by atoms with Crippen molar-refractivity contribution in [2.24, 2.45) is 0 Å². The number of carbonyl (C=O) groups excluding carboxylic acids is 1. The molecule has 2 aromatic carbocycles. The molecular formula is C26H36N2O3. The lowest BCUT2D eigenvalue weighted by Crippen LogP contribution is -2.62. The van der Waals surface area contributed by atoms with Crippen LogP contribution in [-0.2, 0) is 24.2 Å². The van der Waals surface area contributed by atoms with E-state index in [0.29, 0.717) is 32.4 Å². The highest BCUT2D eigenvalue weighted by Crippen LogP contribution is 2.22. The molecule has 3 N–H and O–H groups in total. The van der Waals surface area contributed by atoms with Gasteiger partial charge in [-0.15, -0.1) is 0 Å². The molecule has 1 aliphatic heterocycles. The Kier molecular flexibility index (Phi) is 8.64. The van der Waals surface area contributed by atoms with Gasteiger partial charge in [-0.2, -0.15) is 0 Å². The van der Waals surface area contributed by atoms with Crippen LogP contribution in [0.25, 0.3) is 0 Å². The number of benzene rings is 2. The maximum Gasteiger partial charge on any atom is 0.223 e. The Hall–Kier alpha value is -2.21. The molecule has 1 saturated heterocycles. The fourth-order valence-electron chi connectivity index (χ4n) is 4.13. The molecule has 1 aliphatic rings. The van der Waals surface area contributed by atoms with Crippen LogP contribution in [0.2, 0.25) is 0 Å². The van der Waals surface area contributed by atoms with E-state index in [9.17, 15) is 15.0 Å². The number of rotatable bonds is 10. The van der Waals surface area contributed by atoms with Gasteiger partial charge in [-0.1, -0.05) is 67.9 Å². The van der Waals surface area contributed by atoms with Crippen molar-refractivity contribution in [1.82, 2.24) is 10.2 Å². The molecular weight excluding hydrogens is 388 g/mol. The molecule has 0 radical (unpaired) electrons. The summed E-state index contributed by atoms with van der Waals surface area (Å²) in [7, 11) is 0. The van der Waals surface area contributed by atoms with Crippen molar-refractivity contribution in [2.45, 2.75) is 63.7 Å². The number of nitrogens with one attached hydrogen (secondary N) is 1. The number of aliphatic hydroxyl groups excluding tert-OH is 1. The summed E-state index contributed by atoms with van der Waals surface area (Å²) in [6, 6.07) is 18.5. The molecule has 168 valence electrons. The lowest BCUT2D eigenvalue weighted by atomic mass is 9.89. The van der Waals surface area contributed by atoms with Gasteiger partial charge in [0.2, 0.25) is 5.91 Å². The minimum Gasteiger partial charge on any atom is -0.390 e. The van der Waals surface area contributed by atoms with E-state index in [4.69, 9.17) is 0 Å². The summed E-state index contributed by atoms with van der Waals surface area (Å²) < 4.78 is 0. The molecule has 1 amide bonds. The van der Waals surface area contributed by atoms with Gasteiger partial charge in [0.05, 0.1) is 12.6 Å². The Bertz CT molecular complexity index is 809. The molecule has 0 aromatic heterocycles. The van der Waals surface area contributed by atoms with Gasteiger partial charge in [-0.3, -0.25) is 4.79 Å². The Labute approximate surface area is 186 Å². The first-order valence-electron chi connectivity index (χ1n) is 11.5. The average molecular weight is 425 g/mol. The lowest BCUT2D eigenvalue weighted by molar-refractivity contribution is -0.151. The number of likely N-dealkylation sites (tertiary alicyclic amines) is 1. The predicted molar refractivity (Wildman–Crippen MR) is 124 cm³/mol. The van der Waals surface area contributed by atoms with Crippen LogP contribution in [-0.4, -0.2) is 52.4 Å². The number of aryl methyl sites for hydroxylation is 2. The highest BCUT2D eigenvalue weighted by Gasteiger charge is 2.42. The molecule has 0 saturated carbocycles. The quantitative estimate of drug-likeness (QED) is 0.548. The summed E-state index contributed by atoms with van der Waals surface area (Å²) in [4.78, 5) is 14.4. The average Bonchev–Trinajstić information content (AvgIpc) is 2.79. The number of hydrogen-bond acceptors (Lipinski definition) is 4. The van der Waals surface area contributed by atoms with Crippen LogP contribution in [0.1, 0.15) is 49.3 Å². The molecule has 31 heavy (non-hydrogen) atoms. The van der Waals surface area contributed by atoms with Crippen molar-refractivity contribution in [1.29, 1.82) is 0 Å². The highest BCUT2D eigenvalue weighted by molar-refractivity contribution is 5.76. The van der Waals surface area contributed by atoms with E-state index in [1.165, 1.54) is 18.4 Å². The molecule has 2 aromatic rings. The molecule has 1 fully saturated rings. The fourth-order valence-corrected chi connectivity index (χ4v) is 4.13. The second kappa shape index (κ2) is 11.4. The van der Waals surface area contributed by atoms with E-state index < -0.39 is 11.7 Å². The molecule has 3 rings (SSSR count). The third kappa shape index (κ3) is 6.89. The van der Waals surface area contributed by atoms with Crippen molar-refractivity contribution in [3.05, 3.63) is 71.3 Å². The van der Waals surface area contributed by atoms with Crippen molar-refractivity contribution < 1.29 is 15.0 Å². The minimum atomic E-state index is -1.33. The van der Waals surface area contributed by atoms with Crippen LogP contribution in [0.15, 0.2) is 54.6 Å². The summed E-state index contributed by atoms with van der Waals surface area (Å²) >= 11 is 0. The number of hydrogen-bond donors (Lipinski definition) is 3. The number of piperidine rings is 1. The number of amides is 1. The van der Waals surface area contributed by atoms with Crippen molar-refractivity contribution in [3.63, 3.8) is 0 Å². The molecule has 0 bridgehead atoms. The van der Waals surface area contributed by atoms with Crippen molar-refractivity contribution >= 4 is 5.91 Å². The zero-order valence-corrected chi connectivity index (χ0v) is 18.6. The third-order valence-corrected chi connectivity index (χ3v) is 6.18. The smallest absolute Gasteiger partial charge is 0.223 e. The number of aliphatic hydroxyl groups is 2. The maximum atomic E-state index is 12.7. The fraction of sp³-hybridized carbons (Fsp3) is 0.500. The van der Waals surface area contributed by atoms with Crippen LogP contribution in [0, 0.1) is 0 Å². The molecule has 0 unspecified atom stereocenters. The van der Waals surface area contributed by atoms with Gasteiger partial charge < -0.3 is 20.4 Å². The highest BCUT2D eigenvalue weighted by atomic mass is 16.3. The topological polar surface area (TPSA) is 72.8 Å². The van der Waals surface area contributed by atoms with E-state index in [0.717, 1.165) is 17.5 Å². The Morgan fingerprint density at radius 3 is 2.45 bits per heavy atom.